The van der Waals surface area contributed by atoms with Crippen LogP contribution < -0.4 is 4.90 Å². The normalized spacial score (nSPS) is 15.7. The van der Waals surface area contributed by atoms with E-state index in [4.69, 9.17) is 9.41 Å². The molecule has 1 fully saturated rings. The fourth-order valence-corrected chi connectivity index (χ4v) is 5.76. The maximum Gasteiger partial charge on any atom is 0.267 e. The van der Waals surface area contributed by atoms with Gasteiger partial charge in [0.1, 0.15) is 5.76 Å². The molecule has 5 rings (SSSR count). The quantitative estimate of drug-likeness (QED) is 0.226. The van der Waals surface area contributed by atoms with Crippen LogP contribution in [0.15, 0.2) is 93.4 Å². The molecule has 7 heteroatoms. The minimum absolute atomic E-state index is 0.0746. The van der Waals surface area contributed by atoms with Crippen molar-refractivity contribution in [3.63, 3.8) is 0 Å². The van der Waals surface area contributed by atoms with Crippen molar-refractivity contribution in [2.75, 3.05) is 18.0 Å². The van der Waals surface area contributed by atoms with Crippen LogP contribution >= 0.6 is 11.8 Å². The first-order valence-corrected chi connectivity index (χ1v) is 13.7. The SMILES string of the molecule is CCN(CC)c1ccc(-n2c(C)cc(/C=C3\SC(=Nc4ccccc4)N(Cc4ccco4)C3=O)c2C)cc1. The minimum atomic E-state index is -0.0746. The Bertz CT molecular complexity index is 1460. The molecule has 38 heavy (non-hydrogen) atoms. The number of rotatable bonds is 8. The monoisotopic (exact) mass is 524 g/mol. The van der Waals surface area contributed by atoms with Gasteiger partial charge in [0.25, 0.3) is 5.91 Å². The number of aromatic nitrogens is 1. The number of para-hydroxylation sites is 1. The van der Waals surface area contributed by atoms with E-state index in [9.17, 15) is 4.79 Å². The molecule has 0 aliphatic carbocycles. The summed E-state index contributed by atoms with van der Waals surface area (Å²) in [6, 6.07) is 24.2. The van der Waals surface area contributed by atoms with Gasteiger partial charge in [-0.2, -0.15) is 0 Å². The molecule has 3 heterocycles. The van der Waals surface area contributed by atoms with Crippen LogP contribution in [0.5, 0.6) is 0 Å². The van der Waals surface area contributed by atoms with Gasteiger partial charge in [-0.1, -0.05) is 18.2 Å². The molecular weight excluding hydrogens is 492 g/mol. The molecule has 1 aliphatic heterocycles. The number of nitrogens with zero attached hydrogens (tertiary/aromatic N) is 4. The van der Waals surface area contributed by atoms with Crippen LogP contribution in [0.4, 0.5) is 11.4 Å². The van der Waals surface area contributed by atoms with Gasteiger partial charge in [-0.15, -0.1) is 0 Å². The summed E-state index contributed by atoms with van der Waals surface area (Å²) in [6.45, 7) is 10.8. The Morgan fingerprint density at radius 3 is 2.37 bits per heavy atom. The number of aliphatic imine (C=N–C) groups is 1. The zero-order chi connectivity index (χ0) is 26.6. The highest BCUT2D eigenvalue weighted by Gasteiger charge is 2.34. The molecular formula is C31H32N4O2S. The summed E-state index contributed by atoms with van der Waals surface area (Å²) < 4.78 is 7.77. The number of carbonyl (C=O) groups is 1. The first kappa shape index (κ1) is 25.7. The molecule has 194 valence electrons. The van der Waals surface area contributed by atoms with E-state index in [0.29, 0.717) is 22.4 Å². The Kier molecular flexibility index (Phi) is 7.56. The van der Waals surface area contributed by atoms with Crippen LogP contribution in [0.25, 0.3) is 11.8 Å². The van der Waals surface area contributed by atoms with Crippen molar-refractivity contribution in [1.82, 2.24) is 9.47 Å². The van der Waals surface area contributed by atoms with Crippen molar-refractivity contribution >= 4 is 40.3 Å². The molecule has 1 aliphatic rings. The fraction of sp³-hybridized carbons (Fsp3) is 0.226. The fourth-order valence-electron chi connectivity index (χ4n) is 4.78. The number of carbonyl (C=O) groups excluding carboxylic acids is 1. The van der Waals surface area contributed by atoms with Gasteiger partial charge in [0, 0.05) is 35.9 Å². The molecule has 0 unspecified atom stereocenters. The third-order valence-electron chi connectivity index (χ3n) is 6.76. The lowest BCUT2D eigenvalue weighted by atomic mass is 10.2. The third-order valence-corrected chi connectivity index (χ3v) is 7.76. The number of thioether (sulfide) groups is 1. The number of aryl methyl sites for hydroxylation is 1. The zero-order valence-corrected chi connectivity index (χ0v) is 23.0. The summed E-state index contributed by atoms with van der Waals surface area (Å²) in [5.41, 5.74) is 6.36. The number of anilines is 1. The summed E-state index contributed by atoms with van der Waals surface area (Å²) in [6.07, 6.45) is 3.61. The highest BCUT2D eigenvalue weighted by Crippen LogP contribution is 2.36. The molecule has 0 spiro atoms. The van der Waals surface area contributed by atoms with Gasteiger partial charge in [-0.05, 0) is 106 Å². The number of hydrogen-bond donors (Lipinski definition) is 0. The summed E-state index contributed by atoms with van der Waals surface area (Å²) >= 11 is 1.40. The van der Waals surface area contributed by atoms with Crippen molar-refractivity contribution in [2.45, 2.75) is 34.2 Å². The minimum Gasteiger partial charge on any atom is -0.467 e. The Morgan fingerprint density at radius 2 is 1.71 bits per heavy atom. The van der Waals surface area contributed by atoms with Gasteiger partial charge in [0.2, 0.25) is 0 Å². The standard InChI is InChI=1S/C31H32N4O2S/c1-5-33(6-2)26-14-16-27(17-15-26)35-22(3)19-24(23(35)4)20-29-30(36)34(21-28-13-10-18-37-28)31(38-29)32-25-11-8-7-9-12-25/h7-20H,5-6,21H2,1-4H3/b29-20-,32-31?. The number of amidine groups is 1. The van der Waals surface area contributed by atoms with E-state index in [2.05, 4.69) is 67.5 Å². The van der Waals surface area contributed by atoms with E-state index < -0.39 is 0 Å². The average molecular weight is 525 g/mol. The van der Waals surface area contributed by atoms with E-state index in [1.54, 1.807) is 11.2 Å². The van der Waals surface area contributed by atoms with E-state index >= 15 is 0 Å². The summed E-state index contributed by atoms with van der Waals surface area (Å²) in [7, 11) is 0. The van der Waals surface area contributed by atoms with Crippen LogP contribution in [0.1, 0.15) is 36.6 Å². The average Bonchev–Trinajstić information content (AvgIpc) is 3.62. The molecule has 0 radical (unpaired) electrons. The largest absolute Gasteiger partial charge is 0.467 e. The maximum atomic E-state index is 13.6. The smallest absolute Gasteiger partial charge is 0.267 e. The number of hydrogen-bond acceptors (Lipinski definition) is 5. The molecule has 0 saturated carbocycles. The summed E-state index contributed by atoms with van der Waals surface area (Å²) in [5.74, 6) is 0.641. The van der Waals surface area contributed by atoms with Crippen molar-refractivity contribution in [3.8, 4) is 5.69 Å². The van der Waals surface area contributed by atoms with Crippen molar-refractivity contribution < 1.29 is 9.21 Å². The van der Waals surface area contributed by atoms with Crippen LogP contribution in [0, 0.1) is 13.8 Å². The highest BCUT2D eigenvalue weighted by molar-refractivity contribution is 8.18. The Labute approximate surface area is 228 Å². The number of furan rings is 1. The van der Waals surface area contributed by atoms with E-state index in [1.807, 2.05) is 48.5 Å². The van der Waals surface area contributed by atoms with Crippen LogP contribution in [0.2, 0.25) is 0 Å². The highest BCUT2D eigenvalue weighted by atomic mass is 32.2. The maximum absolute atomic E-state index is 13.6. The lowest BCUT2D eigenvalue weighted by molar-refractivity contribution is -0.122. The van der Waals surface area contributed by atoms with Gasteiger partial charge >= 0.3 is 0 Å². The predicted octanol–water partition coefficient (Wildman–Crippen LogP) is 7.34. The molecule has 0 bridgehead atoms. The molecule has 2 aromatic carbocycles. The molecule has 4 aromatic rings. The second kappa shape index (κ2) is 11.2. The van der Waals surface area contributed by atoms with Crippen molar-refractivity contribution in [3.05, 3.63) is 107 Å². The van der Waals surface area contributed by atoms with Gasteiger partial charge in [-0.3, -0.25) is 9.69 Å². The van der Waals surface area contributed by atoms with E-state index in [-0.39, 0.29) is 5.91 Å². The van der Waals surface area contributed by atoms with Crippen LogP contribution in [0.3, 0.4) is 0 Å². The number of benzene rings is 2. The Morgan fingerprint density at radius 1 is 0.974 bits per heavy atom. The van der Waals surface area contributed by atoms with Gasteiger partial charge in [-0.25, -0.2) is 4.99 Å². The third kappa shape index (κ3) is 5.20. The molecule has 0 N–H and O–H groups in total. The molecule has 2 aromatic heterocycles. The summed E-state index contributed by atoms with van der Waals surface area (Å²) in [5, 5.41) is 0.643. The summed E-state index contributed by atoms with van der Waals surface area (Å²) in [4.78, 5) is 23.0. The van der Waals surface area contributed by atoms with Crippen molar-refractivity contribution in [2.24, 2.45) is 4.99 Å². The molecule has 6 nitrogen and oxygen atoms in total. The second-order valence-corrected chi connectivity index (χ2v) is 10.2. The second-order valence-electron chi connectivity index (χ2n) is 9.16. The first-order valence-electron chi connectivity index (χ1n) is 12.9. The lowest BCUT2D eigenvalue weighted by Crippen LogP contribution is -2.28. The van der Waals surface area contributed by atoms with E-state index in [1.165, 1.54) is 17.4 Å². The lowest BCUT2D eigenvalue weighted by Gasteiger charge is -2.21. The molecule has 1 saturated heterocycles. The van der Waals surface area contributed by atoms with Crippen molar-refractivity contribution in [1.29, 1.82) is 0 Å². The predicted molar refractivity (Wildman–Crippen MR) is 157 cm³/mol. The molecule has 1 amide bonds. The number of amides is 1. The van der Waals surface area contributed by atoms with Crippen LogP contribution in [-0.4, -0.2) is 33.6 Å². The molecule has 0 atom stereocenters. The topological polar surface area (TPSA) is 54.0 Å². The zero-order valence-electron chi connectivity index (χ0n) is 22.2. The van der Waals surface area contributed by atoms with Gasteiger partial charge in [0.05, 0.1) is 23.4 Å². The Balaban J connectivity index is 1.47. The van der Waals surface area contributed by atoms with E-state index in [0.717, 1.165) is 41.4 Å². The first-order chi connectivity index (χ1) is 18.5. The van der Waals surface area contributed by atoms with Gasteiger partial charge in [0.15, 0.2) is 5.17 Å². The van der Waals surface area contributed by atoms with Crippen LogP contribution in [-0.2, 0) is 11.3 Å². The van der Waals surface area contributed by atoms with Gasteiger partial charge < -0.3 is 13.9 Å². The Hall–Kier alpha value is -3.97.